The fourth-order valence-electron chi connectivity index (χ4n) is 7.69. The zero-order valence-electron chi connectivity index (χ0n) is 26.5. The van der Waals surface area contributed by atoms with Crippen LogP contribution in [-0.4, -0.2) is 83.3 Å². The number of nitrogen functional groups attached to an aromatic ring is 1. The van der Waals surface area contributed by atoms with Crippen LogP contribution in [0.5, 0.6) is 6.01 Å². The Morgan fingerprint density at radius 1 is 1.22 bits per heavy atom. The summed E-state index contributed by atoms with van der Waals surface area (Å²) < 4.78 is 81.4. The number of amides is 1. The molecule has 256 valence electrons. The molecule has 3 saturated heterocycles. The number of ether oxygens (including phenoxy) is 1. The summed E-state index contributed by atoms with van der Waals surface area (Å²) in [5.74, 6) is -1.19. The SMILES string of the molecule is C=CC(=O)N1CC(F)C(N(C)c2nc(OCC34CCCN3CCC4)nc3cc(-c4ccc(F)c5sc(N)c(C#N)c45)c(C(F)(F)F)cc23)C1. The van der Waals surface area contributed by atoms with Gasteiger partial charge in [-0.25, -0.2) is 8.78 Å². The molecule has 49 heavy (non-hydrogen) atoms. The minimum absolute atomic E-state index is 0.00783. The molecule has 3 aliphatic heterocycles. The minimum Gasteiger partial charge on any atom is -0.461 e. The third-order valence-corrected chi connectivity index (χ3v) is 11.2. The van der Waals surface area contributed by atoms with Crippen LogP contribution in [0.3, 0.4) is 0 Å². The number of thiophene rings is 1. The van der Waals surface area contributed by atoms with Crippen molar-refractivity contribution in [1.82, 2.24) is 19.8 Å². The quantitative estimate of drug-likeness (QED) is 0.177. The van der Waals surface area contributed by atoms with Gasteiger partial charge in [-0.15, -0.1) is 11.3 Å². The van der Waals surface area contributed by atoms with Crippen LogP contribution >= 0.6 is 11.3 Å². The van der Waals surface area contributed by atoms with Crippen molar-refractivity contribution in [3.63, 3.8) is 0 Å². The van der Waals surface area contributed by atoms with Gasteiger partial charge >= 0.3 is 12.2 Å². The second-order valence-corrected chi connectivity index (χ2v) is 13.9. The molecule has 0 bridgehead atoms. The average Bonchev–Trinajstić information content (AvgIpc) is 3.84. The van der Waals surface area contributed by atoms with Crippen molar-refractivity contribution >= 4 is 49.1 Å². The van der Waals surface area contributed by atoms with Gasteiger partial charge in [0.05, 0.1) is 39.5 Å². The second-order valence-electron chi connectivity index (χ2n) is 12.8. The molecule has 4 aromatic rings. The zero-order valence-corrected chi connectivity index (χ0v) is 27.3. The highest BCUT2D eigenvalue weighted by atomic mass is 32.1. The number of halogens is 5. The average molecular weight is 698 g/mol. The number of alkyl halides is 4. The maximum absolute atomic E-state index is 15.5. The Balaban J connectivity index is 1.42. The molecular weight excluding hydrogens is 665 g/mol. The van der Waals surface area contributed by atoms with Crippen LogP contribution in [0.1, 0.15) is 36.8 Å². The van der Waals surface area contributed by atoms with Gasteiger partial charge < -0.3 is 20.3 Å². The van der Waals surface area contributed by atoms with E-state index in [1.165, 1.54) is 29.0 Å². The number of fused-ring (bicyclic) bond motifs is 3. The Hall–Kier alpha value is -4.55. The number of benzene rings is 2. The molecule has 9 nitrogen and oxygen atoms in total. The van der Waals surface area contributed by atoms with E-state index in [0.717, 1.165) is 68.3 Å². The zero-order chi connectivity index (χ0) is 34.8. The number of aromatic nitrogens is 2. The Bertz CT molecular complexity index is 2030. The molecule has 3 fully saturated rings. The highest BCUT2D eigenvalue weighted by molar-refractivity contribution is 7.23. The van der Waals surface area contributed by atoms with Crippen molar-refractivity contribution in [3.8, 4) is 23.2 Å². The van der Waals surface area contributed by atoms with E-state index in [4.69, 9.17) is 10.5 Å². The summed E-state index contributed by atoms with van der Waals surface area (Å²) in [6.45, 7) is 5.37. The molecule has 2 N–H and O–H groups in total. The third kappa shape index (κ3) is 5.51. The minimum atomic E-state index is -4.92. The van der Waals surface area contributed by atoms with Crippen molar-refractivity contribution in [1.29, 1.82) is 5.26 Å². The monoisotopic (exact) mass is 697 g/mol. The number of nitriles is 1. The first-order valence-corrected chi connectivity index (χ1v) is 16.7. The summed E-state index contributed by atoms with van der Waals surface area (Å²) in [7, 11) is 1.51. The van der Waals surface area contributed by atoms with Gasteiger partial charge in [0.25, 0.3) is 0 Å². The predicted molar refractivity (Wildman–Crippen MR) is 177 cm³/mol. The van der Waals surface area contributed by atoms with Crippen molar-refractivity contribution < 1.29 is 31.5 Å². The number of hydrogen-bond donors (Lipinski definition) is 1. The van der Waals surface area contributed by atoms with Crippen LogP contribution in [0.4, 0.5) is 32.8 Å². The van der Waals surface area contributed by atoms with Crippen LogP contribution in [0, 0.1) is 17.1 Å². The van der Waals surface area contributed by atoms with Gasteiger partial charge in [0, 0.05) is 24.4 Å². The molecule has 5 heterocycles. The van der Waals surface area contributed by atoms with Crippen molar-refractivity contribution in [3.05, 3.63) is 53.9 Å². The highest BCUT2D eigenvalue weighted by Gasteiger charge is 2.45. The predicted octanol–water partition coefficient (Wildman–Crippen LogP) is 6.30. The Labute approximate surface area is 282 Å². The number of hydrogen-bond acceptors (Lipinski definition) is 9. The van der Waals surface area contributed by atoms with E-state index in [9.17, 15) is 27.6 Å². The van der Waals surface area contributed by atoms with Gasteiger partial charge in [-0.1, -0.05) is 12.6 Å². The molecule has 2 atom stereocenters. The van der Waals surface area contributed by atoms with Gasteiger partial charge in [0.2, 0.25) is 5.91 Å². The van der Waals surface area contributed by atoms with E-state index in [1.807, 2.05) is 6.07 Å². The van der Waals surface area contributed by atoms with Gasteiger partial charge in [0.1, 0.15) is 35.5 Å². The smallest absolute Gasteiger partial charge is 0.417 e. The topological polar surface area (TPSA) is 112 Å². The van der Waals surface area contributed by atoms with Crippen LogP contribution in [-0.2, 0) is 11.0 Å². The van der Waals surface area contributed by atoms with E-state index in [1.54, 1.807) is 0 Å². The maximum Gasteiger partial charge on any atom is 0.417 e. The molecule has 0 aliphatic carbocycles. The summed E-state index contributed by atoms with van der Waals surface area (Å²) in [5.41, 5.74) is 4.26. The van der Waals surface area contributed by atoms with Crippen molar-refractivity contribution in [2.24, 2.45) is 0 Å². The lowest BCUT2D eigenvalue weighted by molar-refractivity contribution is -0.137. The lowest BCUT2D eigenvalue weighted by Crippen LogP contribution is -2.43. The number of nitrogens with two attached hydrogens (primary N) is 1. The molecule has 7 rings (SSSR count). The number of carbonyl (C=O) groups is 1. The molecule has 0 spiro atoms. The van der Waals surface area contributed by atoms with Crippen LogP contribution in [0.15, 0.2) is 36.9 Å². The number of carbonyl (C=O) groups excluding carboxylic acids is 1. The Morgan fingerprint density at radius 3 is 2.63 bits per heavy atom. The summed E-state index contributed by atoms with van der Waals surface area (Å²) in [6.07, 6.45) is -1.48. The molecule has 2 aromatic carbocycles. The lowest BCUT2D eigenvalue weighted by Gasteiger charge is -2.32. The van der Waals surface area contributed by atoms with Gasteiger partial charge in [-0.3, -0.25) is 9.69 Å². The lowest BCUT2D eigenvalue weighted by atomic mass is 9.93. The van der Waals surface area contributed by atoms with E-state index < -0.39 is 35.7 Å². The first-order chi connectivity index (χ1) is 23.3. The largest absolute Gasteiger partial charge is 0.461 e. The number of anilines is 2. The normalized spacial score (nSPS) is 20.6. The summed E-state index contributed by atoms with van der Waals surface area (Å²) in [4.78, 5) is 26.5. The Morgan fingerprint density at radius 2 is 1.96 bits per heavy atom. The molecule has 2 unspecified atom stereocenters. The molecule has 0 saturated carbocycles. The fraction of sp³-hybridized carbons (Fsp3) is 0.412. The summed E-state index contributed by atoms with van der Waals surface area (Å²) in [5, 5.41) is 9.75. The first-order valence-electron chi connectivity index (χ1n) is 15.8. The van der Waals surface area contributed by atoms with Crippen molar-refractivity contribution in [2.45, 2.75) is 49.6 Å². The molecule has 1 amide bonds. The Kier molecular flexibility index (Phi) is 8.14. The standard InChI is InChI=1S/C34H32F5N7O2S/c1-3-27(47)45-15-24(36)26(16-45)44(2)31-20-12-22(34(37,38)39)19(18-6-7-23(35)29-28(18)21(14-40)30(41)49-29)13-25(20)42-32(43-31)48-17-33-8-4-10-46(33)11-5-9-33/h3,6-7,12-13,24,26H,1,4-5,8-11,15-17,41H2,2H3. The summed E-state index contributed by atoms with van der Waals surface area (Å²) in [6, 6.07) is 5.22. The molecule has 3 aliphatic rings. The summed E-state index contributed by atoms with van der Waals surface area (Å²) >= 11 is 0.781. The van der Waals surface area contributed by atoms with Crippen LogP contribution in [0.25, 0.3) is 32.1 Å². The highest BCUT2D eigenvalue weighted by Crippen LogP contribution is 2.47. The molecule has 15 heteroatoms. The van der Waals surface area contributed by atoms with Crippen LogP contribution in [0.2, 0.25) is 0 Å². The maximum atomic E-state index is 15.5. The molecule has 0 radical (unpaired) electrons. The van der Waals surface area contributed by atoms with Gasteiger partial charge in [-0.05, 0) is 74.2 Å². The fourth-order valence-corrected chi connectivity index (χ4v) is 8.64. The van der Waals surface area contributed by atoms with E-state index in [0.29, 0.717) is 0 Å². The van der Waals surface area contributed by atoms with Crippen LogP contribution < -0.4 is 15.4 Å². The number of rotatable bonds is 7. The number of likely N-dealkylation sites (tertiary alicyclic amines) is 1. The van der Waals surface area contributed by atoms with E-state index in [2.05, 4.69) is 21.4 Å². The van der Waals surface area contributed by atoms with Crippen molar-refractivity contribution in [2.75, 3.05) is 50.5 Å². The second kappa shape index (κ2) is 12.1. The van der Waals surface area contributed by atoms with E-state index >= 15 is 4.39 Å². The first kappa shape index (κ1) is 33.0. The number of likely N-dealkylation sites (N-methyl/N-ethyl adjacent to an activating group) is 1. The van der Waals surface area contributed by atoms with Gasteiger partial charge in [-0.2, -0.15) is 28.4 Å². The van der Waals surface area contributed by atoms with Gasteiger partial charge in [0.15, 0.2) is 0 Å². The third-order valence-electron chi connectivity index (χ3n) is 10.1. The number of nitrogens with zero attached hydrogens (tertiary/aromatic N) is 6. The van der Waals surface area contributed by atoms with E-state index in [-0.39, 0.29) is 79.7 Å². The molecular formula is C34H32F5N7O2S. The molecule has 2 aromatic heterocycles.